The summed E-state index contributed by atoms with van der Waals surface area (Å²) in [4.78, 5) is 44.2. The summed E-state index contributed by atoms with van der Waals surface area (Å²) in [6.45, 7) is 5.40. The molecule has 7 N–H and O–H groups in total. The van der Waals surface area contributed by atoms with Crippen LogP contribution >= 0.6 is 0 Å². The molecule has 0 aliphatic heterocycles. The number of alkyl halides is 4. The molecular weight excluding hydrogens is 897 g/mol. The topological polar surface area (TPSA) is 214 Å². The van der Waals surface area contributed by atoms with E-state index < -0.39 is 30.8 Å². The molecule has 69 heavy (non-hydrogen) atoms. The molecule has 0 aliphatic carbocycles. The van der Waals surface area contributed by atoms with Gasteiger partial charge in [-0.05, 0) is 86.0 Å². The molecule has 0 saturated heterocycles. The molecule has 21 heteroatoms. The summed E-state index contributed by atoms with van der Waals surface area (Å²) < 4.78 is 57.2. The second kappa shape index (κ2) is 20.0. The fourth-order valence-corrected chi connectivity index (χ4v) is 7.29. The molecule has 8 rings (SSSR count). The van der Waals surface area contributed by atoms with Gasteiger partial charge in [-0.25, -0.2) is 37.5 Å². The molecule has 0 fully saturated rings. The van der Waals surface area contributed by atoms with Crippen molar-refractivity contribution in [2.75, 3.05) is 46.0 Å². The number of aliphatic hydroxyl groups excluding tert-OH is 1. The minimum Gasteiger partial charge on any atom is -0.382 e. The lowest BCUT2D eigenvalue weighted by atomic mass is 9.98. The third-order valence-electron chi connectivity index (χ3n) is 10.9. The molecule has 8 aromatic rings. The first-order valence-corrected chi connectivity index (χ1v) is 21.2. The van der Waals surface area contributed by atoms with Gasteiger partial charge in [0, 0.05) is 83.4 Å². The van der Waals surface area contributed by atoms with Crippen LogP contribution in [0.2, 0.25) is 0 Å². The molecule has 1 unspecified atom stereocenters. The molecule has 4 aromatic heterocycles. The van der Waals surface area contributed by atoms with Gasteiger partial charge in [-0.3, -0.25) is 9.59 Å². The fourth-order valence-electron chi connectivity index (χ4n) is 7.29. The van der Waals surface area contributed by atoms with Gasteiger partial charge in [0.25, 0.3) is 24.7 Å². The van der Waals surface area contributed by atoms with Crippen LogP contribution in [-0.2, 0) is 0 Å². The normalized spacial score (nSPS) is 11.7. The number of carbonyl (C=O) groups excluding carboxylic acids is 2. The van der Waals surface area contributed by atoms with Crippen LogP contribution in [0.3, 0.4) is 0 Å². The molecule has 1 atom stereocenters. The van der Waals surface area contributed by atoms with Crippen molar-refractivity contribution < 1.29 is 32.3 Å². The first-order chi connectivity index (χ1) is 33.2. The van der Waals surface area contributed by atoms with E-state index in [-0.39, 0.29) is 33.6 Å². The average molecular weight is 941 g/mol. The van der Waals surface area contributed by atoms with Gasteiger partial charge < -0.3 is 37.0 Å². The Balaban J connectivity index is 1.19. The van der Waals surface area contributed by atoms with Gasteiger partial charge in [-0.1, -0.05) is 30.3 Å². The van der Waals surface area contributed by atoms with Gasteiger partial charge in [-0.2, -0.15) is 19.6 Å². The minimum absolute atomic E-state index is 0.0112. The summed E-state index contributed by atoms with van der Waals surface area (Å²) in [7, 11) is 3.41. The number of carbonyl (C=O) groups is 2. The van der Waals surface area contributed by atoms with E-state index in [4.69, 9.17) is 5.10 Å². The lowest BCUT2D eigenvalue weighted by Crippen LogP contribution is -2.14. The number of anilines is 8. The number of nitrogens with zero attached hydrogens (tertiary/aromatic N) is 8. The number of aryl methyl sites for hydroxylation is 2. The summed E-state index contributed by atoms with van der Waals surface area (Å²) in [5.74, 6) is 1.28. The maximum absolute atomic E-state index is 13.7. The summed E-state index contributed by atoms with van der Waals surface area (Å²) in [6, 6.07) is 25.4. The van der Waals surface area contributed by atoms with Gasteiger partial charge >= 0.3 is 0 Å². The zero-order chi connectivity index (χ0) is 48.9. The first-order valence-electron chi connectivity index (χ1n) is 21.2. The Morgan fingerprint density at radius 3 is 1.71 bits per heavy atom. The van der Waals surface area contributed by atoms with Crippen molar-refractivity contribution in [3.63, 3.8) is 0 Å². The van der Waals surface area contributed by atoms with Crippen molar-refractivity contribution in [1.82, 2.24) is 39.5 Å². The second-order valence-corrected chi connectivity index (χ2v) is 15.7. The molecule has 4 heterocycles. The average Bonchev–Trinajstić information content (AvgIpc) is 3.95. The molecule has 0 saturated carbocycles. The first kappa shape index (κ1) is 46.8. The van der Waals surface area contributed by atoms with E-state index in [1.54, 1.807) is 87.2 Å². The van der Waals surface area contributed by atoms with E-state index in [0.29, 0.717) is 68.8 Å². The van der Waals surface area contributed by atoms with Crippen molar-refractivity contribution in [1.29, 1.82) is 0 Å². The van der Waals surface area contributed by atoms with E-state index in [2.05, 4.69) is 56.9 Å². The number of halogens is 4. The second-order valence-electron chi connectivity index (χ2n) is 15.7. The van der Waals surface area contributed by atoms with E-state index in [1.807, 2.05) is 6.92 Å². The molecule has 352 valence electrons. The maximum atomic E-state index is 13.7. The highest BCUT2D eigenvalue weighted by atomic mass is 19.3. The molecule has 0 radical (unpaired) electrons. The molecule has 0 bridgehead atoms. The highest BCUT2D eigenvalue weighted by molar-refractivity contribution is 6.05. The molecule has 4 aromatic carbocycles. The Kier molecular flexibility index (Phi) is 13.6. The molecule has 0 spiro atoms. The van der Waals surface area contributed by atoms with Gasteiger partial charge in [0.1, 0.15) is 42.0 Å². The smallest absolute Gasteiger partial charge is 0.263 e. The zero-order valence-electron chi connectivity index (χ0n) is 37.6. The lowest BCUT2D eigenvalue weighted by molar-refractivity contribution is 0.101. The van der Waals surface area contributed by atoms with E-state index in [9.17, 15) is 32.3 Å². The summed E-state index contributed by atoms with van der Waals surface area (Å²) >= 11 is 0. The van der Waals surface area contributed by atoms with Crippen molar-refractivity contribution in [2.45, 2.75) is 39.7 Å². The Morgan fingerprint density at radius 1 is 0.594 bits per heavy atom. The highest BCUT2D eigenvalue weighted by Gasteiger charge is 2.25. The minimum atomic E-state index is -2.80. The number of rotatable bonds is 16. The predicted molar refractivity (Wildman–Crippen MR) is 254 cm³/mol. The largest absolute Gasteiger partial charge is 0.382 e. The monoisotopic (exact) mass is 940 g/mol. The zero-order valence-corrected chi connectivity index (χ0v) is 37.6. The van der Waals surface area contributed by atoms with Gasteiger partial charge in [0.2, 0.25) is 0 Å². The third kappa shape index (κ3) is 10.5. The third-order valence-corrected chi connectivity index (χ3v) is 10.9. The molecule has 0 aliphatic rings. The quantitative estimate of drug-likeness (QED) is 0.0450. The lowest BCUT2D eigenvalue weighted by Gasteiger charge is -2.19. The standard InChI is InChI=1S/C48H44F4N14O3/c1-25-12-13-32(59-47(68)30-10-6-8-28(15-30)45(49)50)18-35(25)61-43-20-37(64-66(43)41-22-39(54-5)56-24-58-41)44(67)34-17-33(60-48(69)31-11-7-9-29(16-31)46(51)52)19-36(27(34)3)62-42-14-26(2)63-65(42)40-21-38(53-4)55-23-57-40/h6-24,44-46,61-62,67H,1-5H3,(H,59,68)(H,60,69)(H,53,55,57)(H,54,56,58). The van der Waals surface area contributed by atoms with Crippen LogP contribution in [-0.4, -0.2) is 70.5 Å². The number of nitrogens with one attached hydrogen (secondary N) is 6. The number of benzene rings is 4. The van der Waals surface area contributed by atoms with Crippen molar-refractivity contribution in [2.24, 2.45) is 0 Å². The van der Waals surface area contributed by atoms with Crippen LogP contribution in [0.15, 0.2) is 116 Å². The number of amides is 2. The van der Waals surface area contributed by atoms with Crippen molar-refractivity contribution in [3.8, 4) is 11.6 Å². The van der Waals surface area contributed by atoms with Crippen molar-refractivity contribution >= 4 is 57.8 Å². The number of aromatic nitrogens is 8. The van der Waals surface area contributed by atoms with Crippen molar-refractivity contribution in [3.05, 3.63) is 166 Å². The number of hydrogen-bond acceptors (Lipinski definition) is 13. The van der Waals surface area contributed by atoms with Gasteiger partial charge in [0.15, 0.2) is 11.6 Å². The predicted octanol–water partition coefficient (Wildman–Crippen LogP) is 9.60. The SMILES string of the molecule is CNc1cc(-n2nc(C(O)c3cc(NC(=O)c4cccc(C(F)F)c4)cc(Nc4cc(C)nn4-c4cc(NC)ncn4)c3C)cc2Nc2cc(NC(=O)c3cccc(C(F)F)c3)ccc2C)ncn1. The molecular formula is C48H44F4N14O3. The number of hydrogen-bond donors (Lipinski definition) is 7. The van der Waals surface area contributed by atoms with E-state index in [1.165, 1.54) is 53.7 Å². The fraction of sp³-hybridized carbons (Fsp3) is 0.167. The Hall–Kier alpha value is -8.72. The summed E-state index contributed by atoms with van der Waals surface area (Å²) in [5.41, 5.74) is 3.28. The van der Waals surface area contributed by atoms with Crippen LogP contribution in [0, 0.1) is 20.8 Å². The number of aliphatic hydroxyl groups is 1. The van der Waals surface area contributed by atoms with Crippen LogP contribution in [0.5, 0.6) is 0 Å². The highest BCUT2D eigenvalue weighted by Crippen LogP contribution is 2.37. The Morgan fingerprint density at radius 2 is 1.13 bits per heavy atom. The Bertz CT molecular complexity index is 3200. The van der Waals surface area contributed by atoms with E-state index >= 15 is 0 Å². The van der Waals surface area contributed by atoms with Gasteiger partial charge in [-0.15, -0.1) is 0 Å². The van der Waals surface area contributed by atoms with Crippen LogP contribution in [0.4, 0.5) is 63.6 Å². The summed E-state index contributed by atoms with van der Waals surface area (Å²) in [6.07, 6.45) is -4.29. The molecule has 17 nitrogen and oxygen atoms in total. The van der Waals surface area contributed by atoms with Crippen LogP contribution in [0.1, 0.15) is 78.9 Å². The Labute approximate surface area is 392 Å². The molecule has 2 amide bonds. The van der Waals surface area contributed by atoms with E-state index in [0.717, 1.165) is 17.7 Å². The van der Waals surface area contributed by atoms with Crippen LogP contribution < -0.4 is 31.9 Å². The van der Waals surface area contributed by atoms with Crippen LogP contribution in [0.25, 0.3) is 11.6 Å². The van der Waals surface area contributed by atoms with Gasteiger partial charge in [0.05, 0.1) is 11.4 Å². The maximum Gasteiger partial charge on any atom is 0.263 e. The summed E-state index contributed by atoms with van der Waals surface area (Å²) in [5, 5.41) is 40.2.